The number of carbonyl (C=O) groups excluding carboxylic acids is 2. The molecule has 0 saturated carbocycles. The van der Waals surface area contributed by atoms with Crippen LogP contribution in [0.3, 0.4) is 0 Å². The van der Waals surface area contributed by atoms with E-state index in [0.717, 1.165) is 0 Å². The van der Waals surface area contributed by atoms with Gasteiger partial charge in [0.1, 0.15) is 11.4 Å². The fourth-order valence-electron chi connectivity index (χ4n) is 4.40. The summed E-state index contributed by atoms with van der Waals surface area (Å²) in [5, 5.41) is 4.43. The van der Waals surface area contributed by atoms with Gasteiger partial charge in [-0.3, -0.25) is 14.6 Å². The SMILES string of the molecule is O=C(NC(C(=O)c1ccc(Cl)cn1)=C(c1ccccc1)P(=O)(c1ccccc1)c1ccccc1)c1ccccc1. The number of rotatable bonds is 8. The van der Waals surface area contributed by atoms with Gasteiger partial charge < -0.3 is 9.88 Å². The van der Waals surface area contributed by atoms with E-state index < -0.39 is 18.8 Å². The van der Waals surface area contributed by atoms with Crippen molar-refractivity contribution in [1.29, 1.82) is 0 Å². The van der Waals surface area contributed by atoms with Crippen LogP contribution in [0.1, 0.15) is 26.4 Å². The fraction of sp³-hybridized carbons (Fsp3) is 0. The molecule has 5 aromatic rings. The van der Waals surface area contributed by atoms with Crippen molar-refractivity contribution < 1.29 is 14.2 Å². The molecule has 0 aliphatic rings. The van der Waals surface area contributed by atoms with Crippen LogP contribution in [0, 0.1) is 0 Å². The first-order chi connectivity index (χ1) is 19.5. The zero-order valence-corrected chi connectivity index (χ0v) is 22.9. The van der Waals surface area contributed by atoms with Crippen molar-refractivity contribution in [3.63, 3.8) is 0 Å². The van der Waals surface area contributed by atoms with E-state index in [2.05, 4.69) is 10.3 Å². The minimum absolute atomic E-state index is 0.0499. The Morgan fingerprint density at radius 2 is 1.10 bits per heavy atom. The molecule has 0 saturated heterocycles. The van der Waals surface area contributed by atoms with Crippen molar-refractivity contribution >= 4 is 46.4 Å². The number of amides is 1. The first kappa shape index (κ1) is 27.0. The van der Waals surface area contributed by atoms with E-state index in [4.69, 9.17) is 11.6 Å². The molecular weight excluding hydrogens is 539 g/mol. The molecule has 4 aromatic carbocycles. The van der Waals surface area contributed by atoms with Gasteiger partial charge in [0.2, 0.25) is 5.78 Å². The topological polar surface area (TPSA) is 76.1 Å². The summed E-state index contributed by atoms with van der Waals surface area (Å²) >= 11 is 6.05. The number of Topliss-reactive ketones (excluding diaryl/α,β-unsaturated/α-hetero) is 1. The minimum Gasteiger partial charge on any atom is -0.318 e. The third kappa shape index (κ3) is 5.57. The maximum absolute atomic E-state index is 15.7. The molecule has 0 bridgehead atoms. The molecule has 1 heterocycles. The lowest BCUT2D eigenvalue weighted by Gasteiger charge is -2.26. The lowest BCUT2D eigenvalue weighted by Crippen LogP contribution is -2.31. The molecule has 0 spiro atoms. The smallest absolute Gasteiger partial charge is 0.255 e. The van der Waals surface area contributed by atoms with E-state index in [0.29, 0.717) is 26.8 Å². The summed E-state index contributed by atoms with van der Waals surface area (Å²) in [6, 6.07) is 38.6. The number of ketones is 1. The highest BCUT2D eigenvalue weighted by molar-refractivity contribution is 7.87. The summed E-state index contributed by atoms with van der Waals surface area (Å²) in [5.74, 6) is -1.11. The summed E-state index contributed by atoms with van der Waals surface area (Å²) in [5.41, 5.74) is 0.808. The van der Waals surface area contributed by atoms with Crippen LogP contribution in [0.15, 0.2) is 145 Å². The second-order valence-corrected chi connectivity index (χ2v) is 12.0. The normalized spacial score (nSPS) is 11.8. The summed E-state index contributed by atoms with van der Waals surface area (Å²) in [6.45, 7) is 0. The highest BCUT2D eigenvalue weighted by Crippen LogP contribution is 2.58. The Morgan fingerprint density at radius 3 is 1.57 bits per heavy atom. The predicted octanol–water partition coefficient (Wildman–Crippen LogP) is 6.73. The van der Waals surface area contributed by atoms with Gasteiger partial charge in [0, 0.05) is 22.4 Å². The number of allylic oxidation sites excluding steroid dienone is 1. The van der Waals surface area contributed by atoms with Gasteiger partial charge in [-0.25, -0.2) is 0 Å². The van der Waals surface area contributed by atoms with Gasteiger partial charge in [-0.05, 0) is 29.8 Å². The molecule has 1 amide bonds. The first-order valence-electron chi connectivity index (χ1n) is 12.5. The molecule has 0 aliphatic heterocycles. The van der Waals surface area contributed by atoms with Crippen LogP contribution in [0.5, 0.6) is 0 Å². The van der Waals surface area contributed by atoms with E-state index in [1.54, 1.807) is 109 Å². The Hall–Kier alpha value is -4.57. The van der Waals surface area contributed by atoms with Crippen LogP contribution >= 0.6 is 18.7 Å². The van der Waals surface area contributed by atoms with Crippen molar-refractivity contribution in [3.8, 4) is 0 Å². The maximum atomic E-state index is 15.7. The second kappa shape index (κ2) is 12.1. The Kier molecular flexibility index (Phi) is 8.16. The monoisotopic (exact) mass is 562 g/mol. The molecule has 0 radical (unpaired) electrons. The molecule has 5 nitrogen and oxygen atoms in total. The zero-order chi connectivity index (χ0) is 28.0. The van der Waals surface area contributed by atoms with Crippen LogP contribution in [0.2, 0.25) is 5.02 Å². The average molecular weight is 563 g/mol. The third-order valence-corrected chi connectivity index (χ3v) is 9.69. The number of halogens is 1. The molecule has 5 rings (SSSR count). The number of pyridine rings is 1. The number of nitrogens with zero attached hydrogens (tertiary/aromatic N) is 1. The van der Waals surface area contributed by atoms with Crippen LogP contribution in [0.4, 0.5) is 0 Å². The van der Waals surface area contributed by atoms with Gasteiger partial charge >= 0.3 is 0 Å². The quantitative estimate of drug-likeness (QED) is 0.129. The van der Waals surface area contributed by atoms with Gasteiger partial charge in [0.15, 0.2) is 7.14 Å². The molecular formula is C33H24ClN2O3P. The molecule has 40 heavy (non-hydrogen) atoms. The number of hydrogen-bond acceptors (Lipinski definition) is 4. The molecule has 7 heteroatoms. The Morgan fingerprint density at radius 1 is 0.625 bits per heavy atom. The zero-order valence-electron chi connectivity index (χ0n) is 21.3. The molecule has 196 valence electrons. The van der Waals surface area contributed by atoms with Crippen LogP contribution < -0.4 is 15.9 Å². The molecule has 0 aliphatic carbocycles. The van der Waals surface area contributed by atoms with Crippen molar-refractivity contribution in [2.45, 2.75) is 0 Å². The summed E-state index contributed by atoms with van der Waals surface area (Å²) in [6.07, 6.45) is 1.36. The highest BCUT2D eigenvalue weighted by Gasteiger charge is 2.38. The van der Waals surface area contributed by atoms with E-state index in [-0.39, 0.29) is 16.7 Å². The second-order valence-electron chi connectivity index (χ2n) is 8.88. The fourth-order valence-corrected chi connectivity index (χ4v) is 7.49. The Labute approximate surface area is 237 Å². The number of aromatic nitrogens is 1. The third-order valence-electron chi connectivity index (χ3n) is 6.30. The lowest BCUT2D eigenvalue weighted by atomic mass is 10.1. The van der Waals surface area contributed by atoms with Gasteiger partial charge in [0.05, 0.1) is 10.3 Å². The molecule has 0 atom stereocenters. The van der Waals surface area contributed by atoms with Crippen molar-refractivity contribution in [2.24, 2.45) is 0 Å². The summed E-state index contributed by atoms with van der Waals surface area (Å²) in [7, 11) is -3.75. The predicted molar refractivity (Wildman–Crippen MR) is 161 cm³/mol. The average Bonchev–Trinajstić information content (AvgIpc) is 3.02. The first-order valence-corrected chi connectivity index (χ1v) is 14.6. The maximum Gasteiger partial charge on any atom is 0.255 e. The van der Waals surface area contributed by atoms with Crippen LogP contribution in [-0.4, -0.2) is 16.7 Å². The van der Waals surface area contributed by atoms with Gasteiger partial charge in [-0.1, -0.05) is 121 Å². The van der Waals surface area contributed by atoms with E-state index in [1.807, 2.05) is 18.2 Å². The van der Waals surface area contributed by atoms with Crippen molar-refractivity contribution in [1.82, 2.24) is 10.3 Å². The number of nitrogens with one attached hydrogen (secondary N) is 1. The van der Waals surface area contributed by atoms with Gasteiger partial charge in [0.25, 0.3) is 5.91 Å². The Bertz CT molecular complexity index is 1660. The largest absolute Gasteiger partial charge is 0.318 e. The molecule has 1 aromatic heterocycles. The molecule has 0 unspecified atom stereocenters. The van der Waals surface area contributed by atoms with Crippen molar-refractivity contribution in [2.75, 3.05) is 0 Å². The number of hydrogen-bond donors (Lipinski definition) is 1. The minimum atomic E-state index is -3.75. The number of carbonyl (C=O) groups is 2. The lowest BCUT2D eigenvalue weighted by molar-refractivity contribution is 0.0932. The summed E-state index contributed by atoms with van der Waals surface area (Å²) in [4.78, 5) is 32.0. The van der Waals surface area contributed by atoms with E-state index >= 15 is 4.57 Å². The summed E-state index contributed by atoms with van der Waals surface area (Å²) < 4.78 is 15.7. The van der Waals surface area contributed by atoms with Crippen molar-refractivity contribution in [3.05, 3.63) is 167 Å². The molecule has 0 fully saturated rings. The van der Waals surface area contributed by atoms with Crippen LogP contribution in [0.25, 0.3) is 5.31 Å². The van der Waals surface area contributed by atoms with Crippen LogP contribution in [-0.2, 0) is 4.57 Å². The van der Waals surface area contributed by atoms with E-state index in [9.17, 15) is 9.59 Å². The van der Waals surface area contributed by atoms with E-state index in [1.165, 1.54) is 12.3 Å². The van der Waals surface area contributed by atoms with Gasteiger partial charge in [-0.15, -0.1) is 0 Å². The highest BCUT2D eigenvalue weighted by atomic mass is 35.5. The molecule has 1 N–H and O–H groups in total. The Balaban J connectivity index is 1.87. The number of benzene rings is 4. The van der Waals surface area contributed by atoms with Gasteiger partial charge in [-0.2, -0.15) is 0 Å². The standard InChI is InChI=1S/C33H24ClN2O3P/c34-26-21-22-29(35-23-26)31(37)30(36-33(38)25-15-7-2-8-16-25)32(24-13-5-1-6-14-24)40(39,27-17-9-3-10-18-27)28-19-11-4-12-20-28/h1-23H,(H,36,38).